The van der Waals surface area contributed by atoms with E-state index in [2.05, 4.69) is 5.32 Å². The van der Waals surface area contributed by atoms with E-state index in [1.54, 1.807) is 30.3 Å². The van der Waals surface area contributed by atoms with Crippen LogP contribution in [0.5, 0.6) is 5.75 Å². The Kier molecular flexibility index (Phi) is 4.44. The fraction of sp³-hybridized carbons (Fsp3) is 0.0476. The second kappa shape index (κ2) is 7.08. The van der Waals surface area contributed by atoms with Gasteiger partial charge in [0.05, 0.1) is 17.5 Å². The summed E-state index contributed by atoms with van der Waals surface area (Å²) in [4.78, 5) is 50.7. The van der Waals surface area contributed by atoms with E-state index in [-0.39, 0.29) is 34.4 Å². The van der Waals surface area contributed by atoms with Crippen molar-refractivity contribution in [2.24, 2.45) is 0 Å². The van der Waals surface area contributed by atoms with Gasteiger partial charge in [0.2, 0.25) is 0 Å². The Morgan fingerprint density at radius 3 is 2.55 bits per heavy atom. The number of nitrogens with one attached hydrogen (secondary N) is 1. The summed E-state index contributed by atoms with van der Waals surface area (Å²) in [7, 11) is 0. The van der Waals surface area contributed by atoms with Gasteiger partial charge in [0.15, 0.2) is 5.43 Å². The number of aromatic hydroxyl groups is 1. The standard InChI is InChI=1S/C21H14N2O6/c24-14-6-7-15-17(9-14)29-11-13(18(15)25)8-16-19(26)22-21(28)23(20(16)27)10-12-4-2-1-3-5-12/h1-9,11,24H,10H2,(H,22,26,28). The SMILES string of the molecule is O=C1NC(=O)N(Cc2ccccc2)C(=O)C1=Cc1coc2cc(O)ccc2c1=O. The number of barbiturate groups is 1. The summed E-state index contributed by atoms with van der Waals surface area (Å²) in [6.45, 7) is -0.0261. The minimum atomic E-state index is -0.894. The molecule has 2 aromatic carbocycles. The van der Waals surface area contributed by atoms with E-state index in [4.69, 9.17) is 4.42 Å². The normalized spacial score (nSPS) is 15.8. The molecule has 0 saturated carbocycles. The molecule has 29 heavy (non-hydrogen) atoms. The summed E-state index contributed by atoms with van der Waals surface area (Å²) >= 11 is 0. The highest BCUT2D eigenvalue weighted by atomic mass is 16.3. The summed E-state index contributed by atoms with van der Waals surface area (Å²) in [5, 5.41) is 11.8. The molecule has 1 aromatic heterocycles. The molecule has 0 aliphatic carbocycles. The maximum Gasteiger partial charge on any atom is 0.331 e. The molecular weight excluding hydrogens is 376 g/mol. The van der Waals surface area contributed by atoms with E-state index < -0.39 is 23.3 Å². The van der Waals surface area contributed by atoms with Crippen molar-refractivity contribution in [1.29, 1.82) is 0 Å². The summed E-state index contributed by atoms with van der Waals surface area (Å²) in [5.41, 5.74) is -0.000279. The van der Waals surface area contributed by atoms with Gasteiger partial charge in [-0.25, -0.2) is 4.79 Å². The van der Waals surface area contributed by atoms with Crippen LogP contribution in [0.2, 0.25) is 0 Å². The monoisotopic (exact) mass is 390 g/mol. The molecule has 1 saturated heterocycles. The van der Waals surface area contributed by atoms with E-state index in [0.29, 0.717) is 5.56 Å². The number of fused-ring (bicyclic) bond motifs is 1. The largest absolute Gasteiger partial charge is 0.508 e. The number of hydrogen-bond donors (Lipinski definition) is 2. The molecule has 1 aliphatic rings. The van der Waals surface area contributed by atoms with Crippen molar-refractivity contribution >= 4 is 34.9 Å². The molecule has 0 atom stereocenters. The fourth-order valence-electron chi connectivity index (χ4n) is 2.99. The fourth-order valence-corrected chi connectivity index (χ4v) is 2.99. The predicted octanol–water partition coefficient (Wildman–Crippen LogP) is 2.16. The minimum Gasteiger partial charge on any atom is -0.508 e. The average molecular weight is 390 g/mol. The highest BCUT2D eigenvalue weighted by Gasteiger charge is 2.35. The molecule has 0 radical (unpaired) electrons. The number of amides is 4. The van der Waals surface area contributed by atoms with Crippen molar-refractivity contribution in [2.45, 2.75) is 6.54 Å². The lowest BCUT2D eigenvalue weighted by Gasteiger charge is -2.26. The van der Waals surface area contributed by atoms with Crippen molar-refractivity contribution < 1.29 is 23.9 Å². The number of urea groups is 1. The maximum atomic E-state index is 12.8. The van der Waals surface area contributed by atoms with Crippen LogP contribution < -0.4 is 10.7 Å². The molecule has 0 spiro atoms. The lowest BCUT2D eigenvalue weighted by Crippen LogP contribution is -2.53. The van der Waals surface area contributed by atoms with Gasteiger partial charge < -0.3 is 9.52 Å². The van der Waals surface area contributed by atoms with Gasteiger partial charge in [0, 0.05) is 6.07 Å². The summed E-state index contributed by atoms with van der Waals surface area (Å²) in [6.07, 6.45) is 2.19. The lowest BCUT2D eigenvalue weighted by molar-refractivity contribution is -0.130. The Bertz CT molecular complexity index is 1240. The van der Waals surface area contributed by atoms with Crippen molar-refractivity contribution in [3.8, 4) is 5.75 Å². The van der Waals surface area contributed by atoms with Gasteiger partial charge in [0.25, 0.3) is 11.8 Å². The van der Waals surface area contributed by atoms with E-state index in [1.165, 1.54) is 18.2 Å². The highest BCUT2D eigenvalue weighted by molar-refractivity contribution is 6.31. The first-order valence-electron chi connectivity index (χ1n) is 8.61. The van der Waals surface area contributed by atoms with Crippen molar-refractivity contribution in [3.63, 3.8) is 0 Å². The number of phenols is 1. The predicted molar refractivity (Wildman–Crippen MR) is 103 cm³/mol. The van der Waals surface area contributed by atoms with Crippen LogP contribution in [0.1, 0.15) is 11.1 Å². The number of rotatable bonds is 3. The first kappa shape index (κ1) is 18.2. The number of carbonyl (C=O) groups excluding carboxylic acids is 3. The first-order valence-corrected chi connectivity index (χ1v) is 8.61. The minimum absolute atomic E-state index is 0.0261. The molecule has 144 valence electrons. The van der Waals surface area contributed by atoms with Gasteiger partial charge in [-0.2, -0.15) is 0 Å². The molecule has 1 aliphatic heterocycles. The Hall–Kier alpha value is -4.20. The van der Waals surface area contributed by atoms with Crippen LogP contribution in [-0.4, -0.2) is 27.9 Å². The van der Waals surface area contributed by atoms with Crippen LogP contribution in [0.3, 0.4) is 0 Å². The molecule has 4 rings (SSSR count). The number of imide groups is 2. The second-order valence-electron chi connectivity index (χ2n) is 6.39. The van der Waals surface area contributed by atoms with Crippen LogP contribution in [0.15, 0.2) is 69.6 Å². The van der Waals surface area contributed by atoms with Crippen molar-refractivity contribution in [2.75, 3.05) is 0 Å². The molecule has 3 aromatic rings. The quantitative estimate of drug-likeness (QED) is 0.523. The summed E-state index contributed by atoms with van der Waals surface area (Å²) in [5.74, 6) is -1.77. The Morgan fingerprint density at radius 1 is 1.03 bits per heavy atom. The maximum absolute atomic E-state index is 12.8. The Morgan fingerprint density at radius 2 is 1.79 bits per heavy atom. The zero-order chi connectivity index (χ0) is 20.5. The number of hydrogen-bond acceptors (Lipinski definition) is 6. The molecule has 2 heterocycles. The molecular formula is C21H14N2O6. The lowest BCUT2D eigenvalue weighted by atomic mass is 10.1. The number of benzene rings is 2. The third-order valence-electron chi connectivity index (χ3n) is 4.45. The van der Waals surface area contributed by atoms with Crippen molar-refractivity contribution in [3.05, 3.63) is 81.7 Å². The Labute approximate surface area is 163 Å². The van der Waals surface area contributed by atoms with Gasteiger partial charge in [0.1, 0.15) is 23.2 Å². The number of carbonyl (C=O) groups is 3. The van der Waals surface area contributed by atoms with Crippen LogP contribution in [0.4, 0.5) is 4.79 Å². The zero-order valence-corrected chi connectivity index (χ0v) is 14.9. The summed E-state index contributed by atoms with van der Waals surface area (Å²) < 4.78 is 5.33. The smallest absolute Gasteiger partial charge is 0.331 e. The van der Waals surface area contributed by atoms with E-state index >= 15 is 0 Å². The number of phenolic OH excluding ortho intramolecular Hbond substituents is 1. The van der Waals surface area contributed by atoms with Crippen molar-refractivity contribution in [1.82, 2.24) is 10.2 Å². The molecule has 2 N–H and O–H groups in total. The second-order valence-corrected chi connectivity index (χ2v) is 6.39. The molecule has 0 unspecified atom stereocenters. The highest BCUT2D eigenvalue weighted by Crippen LogP contribution is 2.20. The average Bonchev–Trinajstić information content (AvgIpc) is 2.70. The van der Waals surface area contributed by atoms with E-state index in [9.17, 15) is 24.3 Å². The Balaban J connectivity index is 1.73. The van der Waals surface area contributed by atoms with Gasteiger partial charge >= 0.3 is 6.03 Å². The number of nitrogens with zero attached hydrogens (tertiary/aromatic N) is 1. The van der Waals surface area contributed by atoms with Gasteiger partial charge in [-0.3, -0.25) is 24.6 Å². The van der Waals surface area contributed by atoms with Gasteiger partial charge in [-0.05, 0) is 23.8 Å². The summed E-state index contributed by atoms with van der Waals surface area (Å²) in [6, 6.07) is 12.0. The molecule has 4 amide bonds. The van der Waals surface area contributed by atoms with Crippen LogP contribution in [0.25, 0.3) is 17.0 Å². The molecule has 1 fully saturated rings. The van der Waals surface area contributed by atoms with Crippen LogP contribution in [-0.2, 0) is 16.1 Å². The molecule has 8 heteroatoms. The molecule has 0 bridgehead atoms. The van der Waals surface area contributed by atoms with Gasteiger partial charge in [-0.1, -0.05) is 30.3 Å². The van der Waals surface area contributed by atoms with Crippen LogP contribution in [0, 0.1) is 0 Å². The van der Waals surface area contributed by atoms with E-state index in [1.807, 2.05) is 0 Å². The van der Waals surface area contributed by atoms with E-state index in [0.717, 1.165) is 17.2 Å². The first-order chi connectivity index (χ1) is 13.9. The van der Waals surface area contributed by atoms with Crippen LogP contribution >= 0.6 is 0 Å². The van der Waals surface area contributed by atoms with Gasteiger partial charge in [-0.15, -0.1) is 0 Å². The topological polar surface area (TPSA) is 117 Å². The third-order valence-corrected chi connectivity index (χ3v) is 4.45. The third kappa shape index (κ3) is 3.39. The zero-order valence-electron chi connectivity index (χ0n) is 14.9. The molecule has 8 nitrogen and oxygen atoms in total.